The van der Waals surface area contributed by atoms with E-state index in [4.69, 9.17) is 11.6 Å². The van der Waals surface area contributed by atoms with E-state index in [9.17, 15) is 5.11 Å². The molecule has 0 bridgehead atoms. The number of rotatable bonds is 3. The number of nitrogens with zero attached hydrogens (tertiary/aromatic N) is 2. The van der Waals surface area contributed by atoms with Crippen LogP contribution in [0.2, 0.25) is 5.02 Å². The first kappa shape index (κ1) is 15.1. The van der Waals surface area contributed by atoms with Crippen LogP contribution in [0.25, 0.3) is 0 Å². The minimum absolute atomic E-state index is 0.135. The zero-order chi connectivity index (χ0) is 15.0. The molecular formula is C16H21ClN2O. The Balaban J connectivity index is 2.49. The molecule has 1 heterocycles. The zero-order valence-corrected chi connectivity index (χ0v) is 13.1. The highest BCUT2D eigenvalue weighted by atomic mass is 35.5. The van der Waals surface area contributed by atoms with Gasteiger partial charge in [-0.1, -0.05) is 44.5 Å². The van der Waals surface area contributed by atoms with Gasteiger partial charge in [-0.05, 0) is 30.0 Å². The molecule has 0 aliphatic carbocycles. The van der Waals surface area contributed by atoms with E-state index < -0.39 is 5.60 Å². The van der Waals surface area contributed by atoms with Crippen LogP contribution in [0.3, 0.4) is 0 Å². The van der Waals surface area contributed by atoms with Crippen LogP contribution in [0.15, 0.2) is 43.0 Å². The molecule has 2 aromatic rings. The Bertz CT molecular complexity index is 553. The summed E-state index contributed by atoms with van der Waals surface area (Å²) in [5, 5.41) is 11.8. The molecule has 1 aromatic heterocycles. The number of hydrogen-bond donors (Lipinski definition) is 1. The van der Waals surface area contributed by atoms with Crippen molar-refractivity contribution in [1.82, 2.24) is 9.55 Å². The second kappa shape index (κ2) is 5.23. The molecule has 3 nitrogen and oxygen atoms in total. The average Bonchev–Trinajstić information content (AvgIpc) is 2.80. The summed E-state index contributed by atoms with van der Waals surface area (Å²) >= 11 is 5.93. The highest BCUT2D eigenvalue weighted by Gasteiger charge is 2.42. The van der Waals surface area contributed by atoms with E-state index in [1.165, 1.54) is 0 Å². The summed E-state index contributed by atoms with van der Waals surface area (Å²) in [4.78, 5) is 4.11. The first-order chi connectivity index (χ1) is 9.23. The van der Waals surface area contributed by atoms with Gasteiger partial charge in [-0.15, -0.1) is 0 Å². The summed E-state index contributed by atoms with van der Waals surface area (Å²) in [6.07, 6.45) is 5.37. The van der Waals surface area contributed by atoms with Gasteiger partial charge in [0.1, 0.15) is 5.60 Å². The maximum absolute atomic E-state index is 11.2. The van der Waals surface area contributed by atoms with Crippen LogP contribution in [0.1, 0.15) is 39.3 Å². The molecule has 2 unspecified atom stereocenters. The number of aromatic nitrogens is 2. The van der Waals surface area contributed by atoms with Crippen LogP contribution in [0.4, 0.5) is 0 Å². The Hall–Kier alpha value is -1.32. The summed E-state index contributed by atoms with van der Waals surface area (Å²) in [7, 11) is 0. The van der Waals surface area contributed by atoms with E-state index in [-0.39, 0.29) is 11.5 Å². The van der Waals surface area contributed by atoms with Crippen LogP contribution in [-0.4, -0.2) is 14.7 Å². The standard InChI is InChI=1S/C16H21ClN2O/c1-15(2,3)14(19-10-9-18-11-19)16(4,20)12-5-7-13(17)8-6-12/h5-11,14,20H,1-4H3. The molecule has 1 N–H and O–H groups in total. The molecule has 0 saturated carbocycles. The third-order valence-electron chi connectivity index (χ3n) is 3.60. The molecular weight excluding hydrogens is 272 g/mol. The van der Waals surface area contributed by atoms with Crippen molar-refractivity contribution in [3.63, 3.8) is 0 Å². The molecule has 4 heteroatoms. The number of halogens is 1. The van der Waals surface area contributed by atoms with Crippen LogP contribution in [0, 0.1) is 5.41 Å². The minimum Gasteiger partial charge on any atom is -0.383 e. The van der Waals surface area contributed by atoms with Crippen molar-refractivity contribution in [2.24, 2.45) is 5.41 Å². The fourth-order valence-electron chi connectivity index (χ4n) is 2.95. The summed E-state index contributed by atoms with van der Waals surface area (Å²) in [5.41, 5.74) is -0.316. The molecule has 0 radical (unpaired) electrons. The Morgan fingerprint density at radius 3 is 2.20 bits per heavy atom. The fraction of sp³-hybridized carbons (Fsp3) is 0.438. The van der Waals surface area contributed by atoms with Gasteiger partial charge in [0.15, 0.2) is 0 Å². The van der Waals surface area contributed by atoms with Crippen molar-refractivity contribution in [2.45, 2.75) is 39.3 Å². The van der Waals surface area contributed by atoms with Gasteiger partial charge in [0.05, 0.1) is 12.4 Å². The predicted octanol–water partition coefficient (Wildman–Crippen LogP) is 4.03. The third-order valence-corrected chi connectivity index (χ3v) is 3.86. The van der Waals surface area contributed by atoms with E-state index in [0.29, 0.717) is 5.02 Å². The lowest BCUT2D eigenvalue weighted by molar-refractivity contribution is -0.0445. The van der Waals surface area contributed by atoms with Gasteiger partial charge in [0.2, 0.25) is 0 Å². The van der Waals surface area contributed by atoms with Crippen LogP contribution < -0.4 is 0 Å². The lowest BCUT2D eigenvalue weighted by atomic mass is 9.74. The van der Waals surface area contributed by atoms with Gasteiger partial charge < -0.3 is 9.67 Å². The van der Waals surface area contributed by atoms with E-state index in [1.807, 2.05) is 29.8 Å². The molecule has 0 amide bonds. The number of hydrogen-bond acceptors (Lipinski definition) is 2. The largest absolute Gasteiger partial charge is 0.383 e. The summed E-state index contributed by atoms with van der Waals surface area (Å²) < 4.78 is 1.97. The maximum Gasteiger partial charge on any atom is 0.108 e. The monoisotopic (exact) mass is 292 g/mol. The van der Waals surface area contributed by atoms with Crippen molar-refractivity contribution >= 4 is 11.6 Å². The molecule has 0 aliphatic heterocycles. The Morgan fingerprint density at radius 2 is 1.75 bits per heavy atom. The van der Waals surface area contributed by atoms with Crippen molar-refractivity contribution in [2.75, 3.05) is 0 Å². The SMILES string of the molecule is CC(C)(C)C(n1ccnc1)C(C)(O)c1ccc(Cl)cc1. The van der Waals surface area contributed by atoms with E-state index in [2.05, 4.69) is 25.8 Å². The summed E-state index contributed by atoms with van der Waals surface area (Å²) in [6, 6.07) is 7.22. The van der Waals surface area contributed by atoms with E-state index in [0.717, 1.165) is 5.56 Å². The number of aliphatic hydroxyl groups is 1. The van der Waals surface area contributed by atoms with Crippen LogP contribution >= 0.6 is 11.6 Å². The van der Waals surface area contributed by atoms with Gasteiger partial charge >= 0.3 is 0 Å². The number of benzene rings is 1. The van der Waals surface area contributed by atoms with Crippen molar-refractivity contribution in [1.29, 1.82) is 0 Å². The Labute approximate surface area is 125 Å². The van der Waals surface area contributed by atoms with Crippen LogP contribution in [-0.2, 0) is 5.60 Å². The average molecular weight is 293 g/mol. The molecule has 20 heavy (non-hydrogen) atoms. The molecule has 0 spiro atoms. The van der Waals surface area contributed by atoms with E-state index in [1.54, 1.807) is 24.7 Å². The lowest BCUT2D eigenvalue weighted by Gasteiger charge is -2.42. The van der Waals surface area contributed by atoms with E-state index >= 15 is 0 Å². The molecule has 0 saturated heterocycles. The maximum atomic E-state index is 11.2. The first-order valence-electron chi connectivity index (χ1n) is 6.69. The Kier molecular flexibility index (Phi) is 3.94. The normalized spacial score (nSPS) is 16.7. The second-order valence-electron chi connectivity index (χ2n) is 6.43. The van der Waals surface area contributed by atoms with Gasteiger partial charge in [-0.2, -0.15) is 0 Å². The van der Waals surface area contributed by atoms with Crippen molar-refractivity contribution in [3.05, 3.63) is 53.6 Å². The zero-order valence-electron chi connectivity index (χ0n) is 12.3. The molecule has 0 fully saturated rings. The van der Waals surface area contributed by atoms with Gasteiger partial charge in [0, 0.05) is 17.4 Å². The summed E-state index contributed by atoms with van der Waals surface area (Å²) in [6.45, 7) is 8.18. The lowest BCUT2D eigenvalue weighted by Crippen LogP contribution is -2.41. The number of imidazole rings is 1. The van der Waals surface area contributed by atoms with Gasteiger partial charge in [0.25, 0.3) is 0 Å². The van der Waals surface area contributed by atoms with Gasteiger partial charge in [-0.3, -0.25) is 0 Å². The molecule has 2 atom stereocenters. The molecule has 2 rings (SSSR count). The predicted molar refractivity (Wildman–Crippen MR) is 81.7 cm³/mol. The van der Waals surface area contributed by atoms with Crippen molar-refractivity contribution in [3.8, 4) is 0 Å². The second-order valence-corrected chi connectivity index (χ2v) is 6.87. The molecule has 108 valence electrons. The topological polar surface area (TPSA) is 38.0 Å². The molecule has 0 aliphatic rings. The quantitative estimate of drug-likeness (QED) is 0.927. The molecule has 1 aromatic carbocycles. The highest BCUT2D eigenvalue weighted by Crippen LogP contribution is 2.44. The smallest absolute Gasteiger partial charge is 0.108 e. The fourth-order valence-corrected chi connectivity index (χ4v) is 3.07. The minimum atomic E-state index is -1.02. The first-order valence-corrected chi connectivity index (χ1v) is 7.06. The van der Waals surface area contributed by atoms with Crippen molar-refractivity contribution < 1.29 is 5.11 Å². The van der Waals surface area contributed by atoms with Gasteiger partial charge in [-0.25, -0.2) is 4.98 Å². The Morgan fingerprint density at radius 1 is 1.15 bits per heavy atom. The summed E-state index contributed by atoms with van der Waals surface area (Å²) in [5.74, 6) is 0. The van der Waals surface area contributed by atoms with Crippen LogP contribution in [0.5, 0.6) is 0 Å². The third kappa shape index (κ3) is 2.89. The highest BCUT2D eigenvalue weighted by molar-refractivity contribution is 6.30.